The molecule has 0 aromatic heterocycles. The summed E-state index contributed by atoms with van der Waals surface area (Å²) in [4.78, 5) is 12.2. The zero-order valence-corrected chi connectivity index (χ0v) is 11.5. The third-order valence-corrected chi connectivity index (χ3v) is 3.09. The molecule has 0 aliphatic heterocycles. The number of benzene rings is 2. The maximum atomic E-state index is 12.2. The molecule has 4 nitrogen and oxygen atoms in total. The number of anilines is 2. The fourth-order valence-electron chi connectivity index (χ4n) is 1.76. The van der Waals surface area contributed by atoms with E-state index < -0.39 is 0 Å². The Bertz CT molecular complexity index is 720. The monoisotopic (exact) mass is 285 g/mol. The summed E-state index contributed by atoms with van der Waals surface area (Å²) in [6.45, 7) is 1.89. The van der Waals surface area contributed by atoms with E-state index >= 15 is 0 Å². The molecule has 0 heterocycles. The number of carbonyl (C=O) groups is 1. The van der Waals surface area contributed by atoms with Gasteiger partial charge in [0.05, 0.1) is 21.8 Å². The molecule has 0 bridgehead atoms. The summed E-state index contributed by atoms with van der Waals surface area (Å²) in [6.07, 6.45) is 0. The molecule has 0 unspecified atom stereocenters. The zero-order chi connectivity index (χ0) is 14.7. The first kappa shape index (κ1) is 13.9. The average molecular weight is 286 g/mol. The van der Waals surface area contributed by atoms with Crippen LogP contribution in [-0.2, 0) is 0 Å². The van der Waals surface area contributed by atoms with E-state index in [4.69, 9.17) is 22.6 Å². The van der Waals surface area contributed by atoms with Crippen LogP contribution in [-0.4, -0.2) is 5.91 Å². The second kappa shape index (κ2) is 5.64. The minimum atomic E-state index is -0.365. The van der Waals surface area contributed by atoms with Crippen molar-refractivity contribution in [3.8, 4) is 6.07 Å². The first-order valence-corrected chi connectivity index (χ1v) is 6.26. The predicted molar refractivity (Wildman–Crippen MR) is 79.7 cm³/mol. The number of nitrogen functional groups attached to an aromatic ring is 1. The molecular weight excluding hydrogens is 274 g/mol. The Morgan fingerprint density at radius 1 is 1.30 bits per heavy atom. The Morgan fingerprint density at radius 3 is 2.70 bits per heavy atom. The lowest BCUT2D eigenvalue weighted by Crippen LogP contribution is -2.13. The van der Waals surface area contributed by atoms with Crippen LogP contribution in [0.25, 0.3) is 0 Å². The molecule has 2 aromatic carbocycles. The van der Waals surface area contributed by atoms with E-state index in [0.29, 0.717) is 27.5 Å². The number of nitriles is 1. The number of hydrogen-bond donors (Lipinski definition) is 2. The summed E-state index contributed by atoms with van der Waals surface area (Å²) in [5, 5.41) is 12.1. The predicted octanol–water partition coefficient (Wildman–Crippen LogP) is 3.35. The van der Waals surface area contributed by atoms with Crippen LogP contribution in [0.5, 0.6) is 0 Å². The molecule has 20 heavy (non-hydrogen) atoms. The quantitative estimate of drug-likeness (QED) is 0.831. The van der Waals surface area contributed by atoms with Crippen LogP contribution < -0.4 is 11.1 Å². The van der Waals surface area contributed by atoms with Crippen molar-refractivity contribution in [1.29, 1.82) is 5.26 Å². The van der Waals surface area contributed by atoms with Crippen LogP contribution in [0, 0.1) is 18.3 Å². The van der Waals surface area contributed by atoms with Gasteiger partial charge in [-0.1, -0.05) is 17.7 Å². The van der Waals surface area contributed by atoms with Crippen molar-refractivity contribution in [2.75, 3.05) is 11.1 Å². The van der Waals surface area contributed by atoms with Crippen LogP contribution in [0.15, 0.2) is 36.4 Å². The van der Waals surface area contributed by atoms with Crippen molar-refractivity contribution in [3.63, 3.8) is 0 Å². The number of hydrogen-bond acceptors (Lipinski definition) is 3. The van der Waals surface area contributed by atoms with Gasteiger partial charge in [-0.3, -0.25) is 4.79 Å². The van der Waals surface area contributed by atoms with E-state index in [-0.39, 0.29) is 5.91 Å². The third-order valence-electron chi connectivity index (χ3n) is 2.78. The molecule has 0 saturated carbocycles. The number of carbonyl (C=O) groups excluding carboxylic acids is 1. The van der Waals surface area contributed by atoms with Crippen LogP contribution in [0.1, 0.15) is 21.5 Å². The van der Waals surface area contributed by atoms with E-state index in [0.717, 1.165) is 5.56 Å². The highest BCUT2D eigenvalue weighted by Gasteiger charge is 2.12. The van der Waals surface area contributed by atoms with Gasteiger partial charge in [0.15, 0.2) is 0 Å². The number of nitrogens with zero attached hydrogens (tertiary/aromatic N) is 1. The van der Waals surface area contributed by atoms with Crippen molar-refractivity contribution < 1.29 is 4.79 Å². The Hall–Kier alpha value is -2.51. The lowest BCUT2D eigenvalue weighted by atomic mass is 10.1. The van der Waals surface area contributed by atoms with Gasteiger partial charge in [0.25, 0.3) is 5.91 Å². The largest absolute Gasteiger partial charge is 0.399 e. The van der Waals surface area contributed by atoms with E-state index in [2.05, 4.69) is 5.32 Å². The molecule has 3 N–H and O–H groups in total. The summed E-state index contributed by atoms with van der Waals surface area (Å²) in [6, 6.07) is 11.9. The number of amides is 1. The smallest absolute Gasteiger partial charge is 0.257 e. The van der Waals surface area contributed by atoms with Gasteiger partial charge in [-0.2, -0.15) is 5.26 Å². The SMILES string of the molecule is Cc1ccc(C(=O)Nc2ccc(N)cc2C#N)c(Cl)c1. The van der Waals surface area contributed by atoms with Gasteiger partial charge >= 0.3 is 0 Å². The molecule has 1 amide bonds. The van der Waals surface area contributed by atoms with Gasteiger partial charge in [-0.15, -0.1) is 0 Å². The van der Waals surface area contributed by atoms with Gasteiger partial charge in [0, 0.05) is 5.69 Å². The summed E-state index contributed by atoms with van der Waals surface area (Å²) >= 11 is 6.04. The molecule has 0 radical (unpaired) electrons. The number of rotatable bonds is 2. The van der Waals surface area contributed by atoms with E-state index in [1.807, 2.05) is 13.0 Å². The second-order valence-corrected chi connectivity index (χ2v) is 4.76. The molecule has 5 heteroatoms. The van der Waals surface area contributed by atoms with E-state index in [1.54, 1.807) is 30.3 Å². The van der Waals surface area contributed by atoms with Crippen molar-refractivity contribution in [2.45, 2.75) is 6.92 Å². The highest BCUT2D eigenvalue weighted by atomic mass is 35.5. The maximum absolute atomic E-state index is 12.2. The maximum Gasteiger partial charge on any atom is 0.257 e. The lowest BCUT2D eigenvalue weighted by molar-refractivity contribution is 0.102. The fraction of sp³-hybridized carbons (Fsp3) is 0.0667. The van der Waals surface area contributed by atoms with Crippen LogP contribution in [0.3, 0.4) is 0 Å². The number of aryl methyl sites for hydroxylation is 1. The molecule has 0 spiro atoms. The Labute approximate surface area is 121 Å². The van der Waals surface area contributed by atoms with Crippen LogP contribution in [0.2, 0.25) is 5.02 Å². The summed E-state index contributed by atoms with van der Waals surface area (Å²) in [5.41, 5.74) is 8.11. The van der Waals surface area contributed by atoms with E-state index in [9.17, 15) is 4.79 Å². The van der Waals surface area contributed by atoms with Crippen molar-refractivity contribution >= 4 is 28.9 Å². The van der Waals surface area contributed by atoms with Gasteiger partial charge < -0.3 is 11.1 Å². The standard InChI is InChI=1S/C15H12ClN3O/c1-9-2-4-12(13(16)6-9)15(20)19-14-5-3-11(18)7-10(14)8-17/h2-7H,18H2,1H3,(H,19,20). The van der Waals surface area contributed by atoms with Gasteiger partial charge in [-0.25, -0.2) is 0 Å². The molecule has 2 aromatic rings. The second-order valence-electron chi connectivity index (χ2n) is 4.35. The minimum absolute atomic E-state index is 0.307. The molecule has 100 valence electrons. The number of nitrogens with two attached hydrogens (primary N) is 1. The highest BCUT2D eigenvalue weighted by molar-refractivity contribution is 6.34. The molecule has 0 fully saturated rings. The topological polar surface area (TPSA) is 78.9 Å². The van der Waals surface area contributed by atoms with Crippen molar-refractivity contribution in [2.24, 2.45) is 0 Å². The first-order chi connectivity index (χ1) is 9.51. The van der Waals surface area contributed by atoms with Crippen LogP contribution in [0.4, 0.5) is 11.4 Å². The molecule has 2 rings (SSSR count). The highest BCUT2D eigenvalue weighted by Crippen LogP contribution is 2.22. The Morgan fingerprint density at radius 2 is 2.05 bits per heavy atom. The Kier molecular flexibility index (Phi) is 3.92. The molecule has 0 saturated heterocycles. The lowest BCUT2D eigenvalue weighted by Gasteiger charge is -2.09. The van der Waals surface area contributed by atoms with E-state index in [1.165, 1.54) is 6.07 Å². The average Bonchev–Trinajstić information content (AvgIpc) is 2.40. The van der Waals surface area contributed by atoms with Gasteiger partial charge in [0.1, 0.15) is 6.07 Å². The molecule has 0 aliphatic rings. The fourth-order valence-corrected chi connectivity index (χ4v) is 2.08. The summed E-state index contributed by atoms with van der Waals surface area (Å²) < 4.78 is 0. The first-order valence-electron chi connectivity index (χ1n) is 5.88. The normalized spacial score (nSPS) is 9.85. The molecule has 0 aliphatic carbocycles. The number of nitrogens with one attached hydrogen (secondary N) is 1. The van der Waals surface area contributed by atoms with Crippen molar-refractivity contribution in [1.82, 2.24) is 0 Å². The minimum Gasteiger partial charge on any atom is -0.399 e. The third kappa shape index (κ3) is 2.90. The number of halogens is 1. The zero-order valence-electron chi connectivity index (χ0n) is 10.8. The summed E-state index contributed by atoms with van der Waals surface area (Å²) in [5.74, 6) is -0.365. The van der Waals surface area contributed by atoms with Crippen LogP contribution >= 0.6 is 11.6 Å². The molecular formula is C15H12ClN3O. The van der Waals surface area contributed by atoms with Gasteiger partial charge in [-0.05, 0) is 42.8 Å². The molecule has 0 atom stereocenters. The van der Waals surface area contributed by atoms with Crippen molar-refractivity contribution in [3.05, 3.63) is 58.1 Å². The summed E-state index contributed by atoms with van der Waals surface area (Å²) in [7, 11) is 0. The Balaban J connectivity index is 2.31. The van der Waals surface area contributed by atoms with Gasteiger partial charge in [0.2, 0.25) is 0 Å².